The number of aromatic nitrogens is 2. The lowest BCUT2D eigenvalue weighted by atomic mass is 10.5. The average Bonchev–Trinajstić information content (AvgIpc) is 2.93. The van der Waals surface area contributed by atoms with Crippen LogP contribution in [0, 0.1) is 10.1 Å². The molecule has 2 amide bonds. The highest BCUT2D eigenvalue weighted by molar-refractivity contribution is 7.15. The molecule has 0 saturated carbocycles. The van der Waals surface area contributed by atoms with Crippen LogP contribution in [0.25, 0.3) is 4.96 Å². The molecule has 108 valence electrons. The number of urea groups is 1. The maximum Gasteiger partial charge on any atom is 0.372 e. The third-order valence-corrected chi connectivity index (χ3v) is 3.27. The van der Waals surface area contributed by atoms with Gasteiger partial charge < -0.3 is 25.6 Å². The summed E-state index contributed by atoms with van der Waals surface area (Å²) in [7, 11) is 3.27. The summed E-state index contributed by atoms with van der Waals surface area (Å²) in [5.41, 5.74) is 0. The van der Waals surface area contributed by atoms with Crippen LogP contribution < -0.4 is 10.6 Å². The number of nitrogens with zero attached hydrogens (tertiary/aromatic N) is 4. The van der Waals surface area contributed by atoms with Crippen LogP contribution >= 0.6 is 11.3 Å². The molecule has 0 aromatic carbocycles. The van der Waals surface area contributed by atoms with Crippen molar-refractivity contribution >= 4 is 34.0 Å². The molecule has 0 unspecified atom stereocenters. The standard InChI is InChI=1S/C10H14N6O3S/c1-14(2)9(17)12-4-3-11-7-8(16(18)19)15-5-6-20-10(15)13-7/h5-6,11H,3-4H2,1-2H3,(H,12,17). The fraction of sp³-hybridized carbons (Fsp3) is 0.400. The van der Waals surface area contributed by atoms with Crippen LogP contribution in [-0.2, 0) is 0 Å². The Balaban J connectivity index is 1.99. The van der Waals surface area contributed by atoms with Gasteiger partial charge in [0, 0.05) is 32.6 Å². The lowest BCUT2D eigenvalue weighted by Crippen LogP contribution is -2.37. The lowest BCUT2D eigenvalue weighted by molar-refractivity contribution is -0.389. The Morgan fingerprint density at radius 1 is 1.55 bits per heavy atom. The SMILES string of the molecule is CN(C)C(=O)NCCNc1nc2sccn2c1[N+](=O)[O-]. The summed E-state index contributed by atoms with van der Waals surface area (Å²) >= 11 is 1.32. The zero-order valence-corrected chi connectivity index (χ0v) is 11.8. The van der Waals surface area contributed by atoms with Crippen LogP contribution in [0.4, 0.5) is 16.4 Å². The van der Waals surface area contributed by atoms with E-state index in [2.05, 4.69) is 15.6 Å². The monoisotopic (exact) mass is 298 g/mol. The second-order valence-electron chi connectivity index (χ2n) is 4.15. The molecule has 2 rings (SSSR count). The molecule has 9 nitrogen and oxygen atoms in total. The summed E-state index contributed by atoms with van der Waals surface area (Å²) in [5, 5.41) is 18.3. The van der Waals surface area contributed by atoms with E-state index in [9.17, 15) is 14.9 Å². The van der Waals surface area contributed by atoms with Crippen LogP contribution in [0.3, 0.4) is 0 Å². The molecule has 0 bridgehead atoms. The van der Waals surface area contributed by atoms with Crippen molar-refractivity contribution in [1.82, 2.24) is 19.6 Å². The minimum absolute atomic E-state index is 0.0970. The van der Waals surface area contributed by atoms with Crippen LogP contribution in [-0.4, -0.2) is 52.4 Å². The van der Waals surface area contributed by atoms with Crippen LogP contribution in [0.1, 0.15) is 0 Å². The highest BCUT2D eigenvalue weighted by Gasteiger charge is 2.23. The zero-order chi connectivity index (χ0) is 14.7. The van der Waals surface area contributed by atoms with Gasteiger partial charge in [-0.25, -0.2) is 4.79 Å². The van der Waals surface area contributed by atoms with E-state index >= 15 is 0 Å². The number of anilines is 1. The molecule has 0 saturated heterocycles. The first-order valence-corrected chi connectivity index (χ1v) is 6.67. The van der Waals surface area contributed by atoms with Crippen molar-refractivity contribution in [1.29, 1.82) is 0 Å². The summed E-state index contributed by atoms with van der Waals surface area (Å²) in [4.78, 5) is 28.0. The molecule has 20 heavy (non-hydrogen) atoms. The van der Waals surface area contributed by atoms with Crippen molar-refractivity contribution in [3.8, 4) is 0 Å². The zero-order valence-electron chi connectivity index (χ0n) is 11.0. The lowest BCUT2D eigenvalue weighted by Gasteiger charge is -2.11. The van der Waals surface area contributed by atoms with Gasteiger partial charge in [-0.15, -0.1) is 0 Å². The van der Waals surface area contributed by atoms with E-state index in [4.69, 9.17) is 0 Å². The van der Waals surface area contributed by atoms with Crippen molar-refractivity contribution in [2.45, 2.75) is 0 Å². The van der Waals surface area contributed by atoms with Crippen molar-refractivity contribution in [3.05, 3.63) is 21.7 Å². The molecule has 2 aromatic rings. The molecule has 2 aromatic heterocycles. The summed E-state index contributed by atoms with van der Waals surface area (Å²) in [6, 6.07) is -0.216. The molecule has 0 aliphatic carbocycles. The summed E-state index contributed by atoms with van der Waals surface area (Å²) in [6.45, 7) is 0.699. The van der Waals surface area contributed by atoms with Gasteiger partial charge in [0.05, 0.1) is 0 Å². The Morgan fingerprint density at radius 3 is 2.95 bits per heavy atom. The smallest absolute Gasteiger partial charge is 0.361 e. The van der Waals surface area contributed by atoms with Gasteiger partial charge in [-0.05, 0) is 4.92 Å². The number of carbonyl (C=O) groups is 1. The molecule has 0 fully saturated rings. The quantitative estimate of drug-likeness (QED) is 0.486. The predicted molar refractivity (Wildman–Crippen MR) is 75.3 cm³/mol. The number of nitrogens with one attached hydrogen (secondary N) is 2. The van der Waals surface area contributed by atoms with E-state index in [-0.39, 0.29) is 17.7 Å². The predicted octanol–water partition coefficient (Wildman–Crippen LogP) is 0.987. The third kappa shape index (κ3) is 2.79. The molecule has 0 aliphatic rings. The molecule has 0 aliphatic heterocycles. The first kappa shape index (κ1) is 14.1. The van der Waals surface area contributed by atoms with Crippen LogP contribution in [0.15, 0.2) is 11.6 Å². The highest BCUT2D eigenvalue weighted by atomic mass is 32.1. The van der Waals surface area contributed by atoms with Gasteiger partial charge in [-0.2, -0.15) is 9.38 Å². The van der Waals surface area contributed by atoms with Gasteiger partial charge in [-0.1, -0.05) is 11.3 Å². The molecule has 10 heteroatoms. The Kier molecular flexibility index (Phi) is 4.03. The van der Waals surface area contributed by atoms with E-state index < -0.39 is 4.92 Å². The van der Waals surface area contributed by atoms with E-state index in [1.54, 1.807) is 25.7 Å². The maximum atomic E-state index is 11.3. The average molecular weight is 298 g/mol. The second kappa shape index (κ2) is 5.74. The minimum Gasteiger partial charge on any atom is -0.361 e. The maximum absolute atomic E-state index is 11.3. The molecule has 2 heterocycles. The fourth-order valence-electron chi connectivity index (χ4n) is 1.58. The number of nitro groups is 1. The molecular formula is C10H14N6O3S. The first-order valence-electron chi connectivity index (χ1n) is 5.79. The van der Waals surface area contributed by atoms with Gasteiger partial charge in [-0.3, -0.25) is 0 Å². The van der Waals surface area contributed by atoms with Crippen LogP contribution in [0.5, 0.6) is 0 Å². The van der Waals surface area contributed by atoms with E-state index in [1.807, 2.05) is 0 Å². The minimum atomic E-state index is -0.479. The van der Waals surface area contributed by atoms with E-state index in [0.717, 1.165) is 0 Å². The number of amides is 2. The molecular weight excluding hydrogens is 284 g/mol. The van der Waals surface area contributed by atoms with Crippen molar-refractivity contribution in [3.63, 3.8) is 0 Å². The molecule has 0 spiro atoms. The number of fused-ring (bicyclic) bond motifs is 1. The van der Waals surface area contributed by atoms with Gasteiger partial charge >= 0.3 is 11.8 Å². The number of thiazole rings is 1. The van der Waals surface area contributed by atoms with Crippen molar-refractivity contribution in [2.24, 2.45) is 0 Å². The normalized spacial score (nSPS) is 10.5. The molecule has 0 atom stereocenters. The van der Waals surface area contributed by atoms with Crippen LogP contribution in [0.2, 0.25) is 0 Å². The number of hydrogen-bond acceptors (Lipinski definition) is 6. The summed E-state index contributed by atoms with van der Waals surface area (Å²) < 4.78 is 1.42. The Labute approximate surface area is 118 Å². The topological polar surface area (TPSA) is 105 Å². The third-order valence-electron chi connectivity index (χ3n) is 2.51. The second-order valence-corrected chi connectivity index (χ2v) is 5.02. The molecule has 2 N–H and O–H groups in total. The first-order chi connectivity index (χ1) is 9.50. The Morgan fingerprint density at radius 2 is 2.30 bits per heavy atom. The van der Waals surface area contributed by atoms with Gasteiger partial charge in [0.2, 0.25) is 5.82 Å². The van der Waals surface area contributed by atoms with E-state index in [1.165, 1.54) is 20.6 Å². The number of carbonyl (C=O) groups excluding carboxylic acids is 1. The van der Waals surface area contributed by atoms with E-state index in [0.29, 0.717) is 18.1 Å². The molecule has 0 radical (unpaired) electrons. The van der Waals surface area contributed by atoms with Gasteiger partial charge in [0.25, 0.3) is 4.96 Å². The number of rotatable bonds is 5. The number of hydrogen-bond donors (Lipinski definition) is 2. The summed E-state index contributed by atoms with van der Waals surface area (Å²) in [5.74, 6) is 0.112. The number of imidazole rings is 1. The van der Waals surface area contributed by atoms with Crippen molar-refractivity contribution < 1.29 is 9.72 Å². The fourth-order valence-corrected chi connectivity index (χ4v) is 2.28. The van der Waals surface area contributed by atoms with Crippen molar-refractivity contribution in [2.75, 3.05) is 32.5 Å². The van der Waals surface area contributed by atoms with Gasteiger partial charge in [0.15, 0.2) is 0 Å². The Bertz CT molecular complexity index is 634. The largest absolute Gasteiger partial charge is 0.372 e. The highest BCUT2D eigenvalue weighted by Crippen LogP contribution is 2.27. The van der Waals surface area contributed by atoms with Gasteiger partial charge in [0.1, 0.15) is 6.20 Å². The Hall–Kier alpha value is -2.36. The summed E-state index contributed by atoms with van der Waals surface area (Å²) in [6.07, 6.45) is 1.60.